The van der Waals surface area contributed by atoms with Gasteiger partial charge in [-0.1, -0.05) is 6.07 Å². The number of nitro benzene ring substituents is 1. The molecule has 0 aliphatic carbocycles. The van der Waals surface area contributed by atoms with Crippen molar-refractivity contribution in [2.75, 3.05) is 18.1 Å². The van der Waals surface area contributed by atoms with Crippen LogP contribution < -0.4 is 4.90 Å². The molecule has 21 heavy (non-hydrogen) atoms. The van der Waals surface area contributed by atoms with Crippen molar-refractivity contribution < 1.29 is 15.1 Å². The van der Waals surface area contributed by atoms with Gasteiger partial charge in [0, 0.05) is 25.3 Å². The van der Waals surface area contributed by atoms with E-state index < -0.39 is 6.10 Å². The first-order valence-corrected chi connectivity index (χ1v) is 7.38. The van der Waals surface area contributed by atoms with E-state index in [1.165, 1.54) is 6.07 Å². The number of aliphatic hydroxyl groups excluding tert-OH is 2. The van der Waals surface area contributed by atoms with Gasteiger partial charge in [0.2, 0.25) is 0 Å². The number of hydrogen-bond donors (Lipinski definition) is 2. The molecule has 0 radical (unpaired) electrons. The van der Waals surface area contributed by atoms with Crippen molar-refractivity contribution in [1.29, 1.82) is 0 Å². The lowest BCUT2D eigenvalue weighted by Crippen LogP contribution is -2.30. The van der Waals surface area contributed by atoms with E-state index in [0.29, 0.717) is 17.7 Å². The summed E-state index contributed by atoms with van der Waals surface area (Å²) in [6, 6.07) is 5.18. The minimum absolute atomic E-state index is 0.0456. The smallest absolute Gasteiger partial charge is 0.292 e. The van der Waals surface area contributed by atoms with Crippen molar-refractivity contribution in [1.82, 2.24) is 0 Å². The quantitative estimate of drug-likeness (QED) is 0.621. The number of nitro groups is 1. The third kappa shape index (κ3) is 3.51. The Morgan fingerprint density at radius 3 is 2.90 bits per heavy atom. The molecular formula is C15H22N2O4. The van der Waals surface area contributed by atoms with E-state index >= 15 is 0 Å². The molecule has 2 unspecified atom stereocenters. The molecule has 1 heterocycles. The van der Waals surface area contributed by atoms with Crippen LogP contribution >= 0.6 is 0 Å². The standard InChI is InChI=1S/C15H22N2O4/c1-11(19)12-6-7-14(15(10-12)17(20)21)16-8-2-4-13(16)5-3-9-18/h6-7,10-11,13,18-19H,2-5,8-9H2,1H3. The van der Waals surface area contributed by atoms with Gasteiger partial charge >= 0.3 is 0 Å². The normalized spacial score (nSPS) is 19.8. The first-order chi connectivity index (χ1) is 10.0. The molecule has 1 fully saturated rings. The average Bonchev–Trinajstić information content (AvgIpc) is 2.92. The Kier molecular flexibility index (Phi) is 5.14. The Bertz CT molecular complexity index is 504. The third-order valence-electron chi connectivity index (χ3n) is 4.06. The molecule has 1 aromatic rings. The lowest BCUT2D eigenvalue weighted by molar-refractivity contribution is -0.384. The molecule has 2 N–H and O–H groups in total. The van der Waals surface area contributed by atoms with E-state index in [4.69, 9.17) is 5.11 Å². The molecule has 0 aromatic heterocycles. The second-order valence-electron chi connectivity index (χ2n) is 5.54. The predicted octanol–water partition coefficient (Wildman–Crippen LogP) is 2.39. The molecule has 1 aliphatic heterocycles. The van der Waals surface area contributed by atoms with Crippen LogP contribution in [0.25, 0.3) is 0 Å². The molecule has 0 saturated carbocycles. The highest BCUT2D eigenvalue weighted by molar-refractivity contribution is 5.65. The van der Waals surface area contributed by atoms with E-state index in [1.54, 1.807) is 19.1 Å². The zero-order chi connectivity index (χ0) is 15.4. The van der Waals surface area contributed by atoms with Crippen molar-refractivity contribution in [2.24, 2.45) is 0 Å². The minimum Gasteiger partial charge on any atom is -0.396 e. The molecule has 6 nitrogen and oxygen atoms in total. The number of nitrogens with zero attached hydrogens (tertiary/aromatic N) is 2. The van der Waals surface area contributed by atoms with Gasteiger partial charge in [-0.15, -0.1) is 0 Å². The van der Waals surface area contributed by atoms with E-state index in [2.05, 4.69) is 4.90 Å². The average molecular weight is 294 g/mol. The van der Waals surface area contributed by atoms with Crippen molar-refractivity contribution in [3.63, 3.8) is 0 Å². The summed E-state index contributed by atoms with van der Waals surface area (Å²) >= 11 is 0. The Hall–Kier alpha value is -1.66. The molecule has 0 bridgehead atoms. The highest BCUT2D eigenvalue weighted by atomic mass is 16.6. The summed E-state index contributed by atoms with van der Waals surface area (Å²) in [7, 11) is 0. The molecule has 0 amide bonds. The van der Waals surface area contributed by atoms with Gasteiger partial charge in [-0.25, -0.2) is 0 Å². The monoisotopic (exact) mass is 294 g/mol. The first kappa shape index (κ1) is 15.7. The molecule has 6 heteroatoms. The van der Waals surface area contributed by atoms with Gasteiger partial charge in [0.05, 0.1) is 11.0 Å². The van der Waals surface area contributed by atoms with Crippen LogP contribution in [-0.2, 0) is 0 Å². The lowest BCUT2D eigenvalue weighted by atomic mass is 10.1. The summed E-state index contributed by atoms with van der Waals surface area (Å²) in [4.78, 5) is 13.0. The first-order valence-electron chi connectivity index (χ1n) is 7.38. The summed E-state index contributed by atoms with van der Waals surface area (Å²) in [5.41, 5.74) is 1.21. The molecule has 116 valence electrons. The van der Waals surface area contributed by atoms with Crippen LogP contribution in [0.4, 0.5) is 11.4 Å². The Balaban J connectivity index is 2.31. The van der Waals surface area contributed by atoms with Crippen LogP contribution in [0, 0.1) is 10.1 Å². The highest BCUT2D eigenvalue weighted by Gasteiger charge is 2.29. The zero-order valence-electron chi connectivity index (χ0n) is 12.2. The van der Waals surface area contributed by atoms with Crippen LogP contribution in [0.2, 0.25) is 0 Å². The van der Waals surface area contributed by atoms with E-state index in [9.17, 15) is 15.2 Å². The van der Waals surface area contributed by atoms with E-state index in [0.717, 1.165) is 25.8 Å². The van der Waals surface area contributed by atoms with Crippen molar-refractivity contribution >= 4 is 11.4 Å². The van der Waals surface area contributed by atoms with E-state index in [1.807, 2.05) is 0 Å². The molecule has 1 aliphatic rings. The van der Waals surface area contributed by atoms with Crippen LogP contribution in [-0.4, -0.2) is 34.3 Å². The van der Waals surface area contributed by atoms with Gasteiger partial charge < -0.3 is 15.1 Å². The molecule has 2 rings (SSSR count). The predicted molar refractivity (Wildman–Crippen MR) is 80.4 cm³/mol. The second-order valence-corrected chi connectivity index (χ2v) is 5.54. The van der Waals surface area contributed by atoms with E-state index in [-0.39, 0.29) is 23.3 Å². The lowest BCUT2D eigenvalue weighted by Gasteiger charge is -2.26. The Morgan fingerprint density at radius 1 is 1.52 bits per heavy atom. The van der Waals surface area contributed by atoms with Crippen molar-refractivity contribution in [3.05, 3.63) is 33.9 Å². The largest absolute Gasteiger partial charge is 0.396 e. The Morgan fingerprint density at radius 2 is 2.29 bits per heavy atom. The van der Waals surface area contributed by atoms with Gasteiger partial charge in [-0.2, -0.15) is 0 Å². The molecule has 0 spiro atoms. The molecular weight excluding hydrogens is 272 g/mol. The maximum Gasteiger partial charge on any atom is 0.292 e. The van der Waals surface area contributed by atoms with Gasteiger partial charge in [-0.3, -0.25) is 10.1 Å². The zero-order valence-corrected chi connectivity index (χ0v) is 12.2. The summed E-state index contributed by atoms with van der Waals surface area (Å²) < 4.78 is 0. The number of rotatable bonds is 6. The number of hydrogen-bond acceptors (Lipinski definition) is 5. The Labute approximate surface area is 124 Å². The van der Waals surface area contributed by atoms with Crippen LogP contribution in [0.1, 0.15) is 44.3 Å². The van der Waals surface area contributed by atoms with Crippen LogP contribution in [0.15, 0.2) is 18.2 Å². The second kappa shape index (κ2) is 6.87. The van der Waals surface area contributed by atoms with Crippen LogP contribution in [0.5, 0.6) is 0 Å². The van der Waals surface area contributed by atoms with Crippen molar-refractivity contribution in [2.45, 2.75) is 44.8 Å². The highest BCUT2D eigenvalue weighted by Crippen LogP contribution is 2.36. The van der Waals surface area contributed by atoms with Gasteiger partial charge in [0.25, 0.3) is 5.69 Å². The fourth-order valence-corrected chi connectivity index (χ4v) is 2.97. The minimum atomic E-state index is -0.721. The van der Waals surface area contributed by atoms with Crippen LogP contribution in [0.3, 0.4) is 0 Å². The van der Waals surface area contributed by atoms with Gasteiger partial charge in [0.1, 0.15) is 5.69 Å². The molecule has 2 atom stereocenters. The van der Waals surface area contributed by atoms with Crippen molar-refractivity contribution in [3.8, 4) is 0 Å². The molecule has 1 saturated heterocycles. The number of anilines is 1. The summed E-state index contributed by atoms with van der Waals surface area (Å²) in [6.07, 6.45) is 2.83. The third-order valence-corrected chi connectivity index (χ3v) is 4.06. The SMILES string of the molecule is CC(O)c1ccc(N2CCCC2CCCO)c([N+](=O)[O-])c1. The fraction of sp³-hybridized carbons (Fsp3) is 0.600. The summed E-state index contributed by atoms with van der Waals surface area (Å²) in [5, 5.41) is 29.9. The topological polar surface area (TPSA) is 86.8 Å². The van der Waals surface area contributed by atoms with Gasteiger partial charge in [-0.05, 0) is 44.2 Å². The fourth-order valence-electron chi connectivity index (χ4n) is 2.97. The number of aliphatic hydroxyl groups is 2. The number of benzene rings is 1. The molecule has 1 aromatic carbocycles. The summed E-state index contributed by atoms with van der Waals surface area (Å²) in [5.74, 6) is 0. The summed E-state index contributed by atoms with van der Waals surface area (Å²) in [6.45, 7) is 2.54. The van der Waals surface area contributed by atoms with Gasteiger partial charge in [0.15, 0.2) is 0 Å². The maximum absolute atomic E-state index is 11.3. The maximum atomic E-state index is 11.3.